The summed E-state index contributed by atoms with van der Waals surface area (Å²) in [6.07, 6.45) is 4.95. The molecule has 0 aromatic carbocycles. The maximum atomic E-state index is 5.37. The Kier molecular flexibility index (Phi) is 4.02. The number of thioether (sulfide) groups is 1. The second-order valence-corrected chi connectivity index (χ2v) is 8.57. The standard InChI is InChI=1S/C16H24N6OS/c1-16(2,3)13-17-12(20-23-13)10-24-15-19-18-14(21-8-4-5-9-21)22(15)11-6-7-11/h11H,4-10H2,1-3H3. The number of rotatable bonds is 5. The third-order valence-corrected chi connectivity index (χ3v) is 5.33. The zero-order valence-corrected chi connectivity index (χ0v) is 15.3. The van der Waals surface area contributed by atoms with E-state index in [1.54, 1.807) is 11.8 Å². The minimum absolute atomic E-state index is 0.118. The summed E-state index contributed by atoms with van der Waals surface area (Å²) in [5.41, 5.74) is -0.118. The van der Waals surface area contributed by atoms with Gasteiger partial charge in [0.05, 0.1) is 5.75 Å². The zero-order valence-electron chi connectivity index (χ0n) is 14.5. The minimum Gasteiger partial charge on any atom is -0.341 e. The van der Waals surface area contributed by atoms with Gasteiger partial charge in [-0.05, 0) is 25.7 Å². The van der Waals surface area contributed by atoms with Crippen molar-refractivity contribution in [3.05, 3.63) is 11.7 Å². The normalized spacial score (nSPS) is 18.5. The van der Waals surface area contributed by atoms with Gasteiger partial charge in [-0.15, -0.1) is 10.2 Å². The fraction of sp³-hybridized carbons (Fsp3) is 0.750. The highest BCUT2D eigenvalue weighted by Crippen LogP contribution is 2.41. The number of nitrogens with zero attached hydrogens (tertiary/aromatic N) is 6. The first-order valence-electron chi connectivity index (χ1n) is 8.68. The largest absolute Gasteiger partial charge is 0.341 e. The molecule has 2 aromatic rings. The Hall–Kier alpha value is -1.57. The van der Waals surface area contributed by atoms with Crippen LogP contribution in [0.1, 0.15) is 64.2 Å². The van der Waals surface area contributed by atoms with Crippen molar-refractivity contribution >= 4 is 17.7 Å². The van der Waals surface area contributed by atoms with E-state index in [2.05, 4.69) is 50.6 Å². The van der Waals surface area contributed by atoms with E-state index >= 15 is 0 Å². The van der Waals surface area contributed by atoms with Crippen molar-refractivity contribution in [2.24, 2.45) is 0 Å². The summed E-state index contributed by atoms with van der Waals surface area (Å²) in [6.45, 7) is 8.40. The third kappa shape index (κ3) is 3.16. The van der Waals surface area contributed by atoms with Crippen LogP contribution in [0.2, 0.25) is 0 Å². The van der Waals surface area contributed by atoms with Gasteiger partial charge in [-0.25, -0.2) is 0 Å². The fourth-order valence-electron chi connectivity index (χ4n) is 2.90. The lowest BCUT2D eigenvalue weighted by molar-refractivity contribution is 0.319. The molecule has 2 aromatic heterocycles. The summed E-state index contributed by atoms with van der Waals surface area (Å²) in [5, 5.41) is 14.0. The molecule has 1 saturated carbocycles. The minimum atomic E-state index is -0.118. The van der Waals surface area contributed by atoms with Crippen LogP contribution < -0.4 is 4.90 Å². The zero-order chi connectivity index (χ0) is 16.7. The van der Waals surface area contributed by atoms with E-state index in [9.17, 15) is 0 Å². The lowest BCUT2D eigenvalue weighted by Gasteiger charge is -2.17. The van der Waals surface area contributed by atoms with Gasteiger partial charge in [-0.3, -0.25) is 4.57 Å². The molecule has 0 atom stereocenters. The Labute approximate surface area is 146 Å². The molecule has 24 heavy (non-hydrogen) atoms. The molecular formula is C16H24N6OS. The van der Waals surface area contributed by atoms with Gasteiger partial charge in [0.25, 0.3) is 0 Å². The maximum Gasteiger partial charge on any atom is 0.232 e. The van der Waals surface area contributed by atoms with Crippen molar-refractivity contribution in [3.8, 4) is 0 Å². The van der Waals surface area contributed by atoms with E-state index in [1.807, 2.05) is 0 Å². The quantitative estimate of drug-likeness (QED) is 0.768. The first-order valence-corrected chi connectivity index (χ1v) is 9.66. The second kappa shape index (κ2) is 6.06. The second-order valence-electron chi connectivity index (χ2n) is 7.63. The van der Waals surface area contributed by atoms with Crippen LogP contribution in [0.4, 0.5) is 5.95 Å². The van der Waals surface area contributed by atoms with Gasteiger partial charge in [-0.2, -0.15) is 4.98 Å². The third-order valence-electron chi connectivity index (χ3n) is 4.39. The summed E-state index contributed by atoms with van der Waals surface area (Å²) in [6, 6.07) is 0.563. The average molecular weight is 348 g/mol. The highest BCUT2D eigenvalue weighted by atomic mass is 32.2. The predicted molar refractivity (Wildman–Crippen MR) is 92.3 cm³/mol. The fourth-order valence-corrected chi connectivity index (χ4v) is 3.74. The van der Waals surface area contributed by atoms with Crippen LogP contribution in [-0.4, -0.2) is 38.0 Å². The maximum absolute atomic E-state index is 5.37. The molecular weight excluding hydrogens is 324 g/mol. The summed E-state index contributed by atoms with van der Waals surface area (Å²) in [5.74, 6) is 3.10. The van der Waals surface area contributed by atoms with E-state index in [4.69, 9.17) is 4.52 Å². The van der Waals surface area contributed by atoms with E-state index in [-0.39, 0.29) is 5.41 Å². The molecule has 3 heterocycles. The van der Waals surface area contributed by atoms with Gasteiger partial charge in [0.15, 0.2) is 11.0 Å². The lowest BCUT2D eigenvalue weighted by atomic mass is 9.97. The Balaban J connectivity index is 1.49. The van der Waals surface area contributed by atoms with Crippen LogP contribution in [0, 0.1) is 0 Å². The monoisotopic (exact) mass is 348 g/mol. The molecule has 0 bridgehead atoms. The average Bonchev–Trinajstić information content (AvgIpc) is 3.00. The molecule has 2 fully saturated rings. The number of hydrogen-bond acceptors (Lipinski definition) is 7. The number of anilines is 1. The first kappa shape index (κ1) is 15.9. The summed E-state index contributed by atoms with van der Waals surface area (Å²) in [7, 11) is 0. The van der Waals surface area contributed by atoms with Gasteiger partial charge in [-0.1, -0.05) is 37.7 Å². The van der Waals surface area contributed by atoms with Crippen LogP contribution in [0.25, 0.3) is 0 Å². The van der Waals surface area contributed by atoms with Gasteiger partial charge in [0.1, 0.15) is 0 Å². The van der Waals surface area contributed by atoms with E-state index in [1.165, 1.54) is 25.7 Å². The molecule has 7 nitrogen and oxygen atoms in total. The molecule has 0 amide bonds. The van der Waals surface area contributed by atoms with Crippen molar-refractivity contribution in [3.63, 3.8) is 0 Å². The van der Waals surface area contributed by atoms with Gasteiger partial charge in [0, 0.05) is 24.5 Å². The molecule has 130 valence electrons. The Morgan fingerprint density at radius 2 is 1.92 bits per heavy atom. The van der Waals surface area contributed by atoms with Crippen LogP contribution in [0.15, 0.2) is 9.68 Å². The molecule has 0 N–H and O–H groups in total. The molecule has 0 spiro atoms. The molecule has 1 saturated heterocycles. The van der Waals surface area contributed by atoms with Gasteiger partial charge in [0.2, 0.25) is 11.8 Å². The highest BCUT2D eigenvalue weighted by molar-refractivity contribution is 7.98. The number of aromatic nitrogens is 5. The molecule has 0 unspecified atom stereocenters. The first-order chi connectivity index (χ1) is 11.5. The molecule has 8 heteroatoms. The Morgan fingerprint density at radius 1 is 1.17 bits per heavy atom. The van der Waals surface area contributed by atoms with Crippen molar-refractivity contribution in [2.45, 2.75) is 68.8 Å². The van der Waals surface area contributed by atoms with Crippen LogP contribution >= 0.6 is 11.8 Å². The van der Waals surface area contributed by atoms with E-state index < -0.39 is 0 Å². The van der Waals surface area contributed by atoms with E-state index in [0.717, 1.165) is 30.0 Å². The van der Waals surface area contributed by atoms with Crippen molar-refractivity contribution in [1.29, 1.82) is 0 Å². The lowest BCUT2D eigenvalue weighted by Crippen LogP contribution is -2.22. The topological polar surface area (TPSA) is 72.9 Å². The predicted octanol–water partition coefficient (Wildman–Crippen LogP) is 3.19. The van der Waals surface area contributed by atoms with Crippen molar-refractivity contribution in [1.82, 2.24) is 24.9 Å². The highest BCUT2D eigenvalue weighted by Gasteiger charge is 2.32. The number of hydrogen-bond donors (Lipinski definition) is 0. The Bertz CT molecular complexity index is 708. The summed E-state index contributed by atoms with van der Waals surface area (Å²) in [4.78, 5) is 6.87. The molecule has 0 radical (unpaired) electrons. The molecule has 2 aliphatic rings. The SMILES string of the molecule is CC(C)(C)c1nc(CSc2nnc(N3CCCC3)n2C2CC2)no1. The summed E-state index contributed by atoms with van der Waals surface area (Å²) >= 11 is 1.65. The van der Waals surface area contributed by atoms with Crippen LogP contribution in [0.5, 0.6) is 0 Å². The molecule has 4 rings (SSSR count). The Morgan fingerprint density at radius 3 is 2.54 bits per heavy atom. The van der Waals surface area contributed by atoms with Crippen LogP contribution in [0.3, 0.4) is 0 Å². The van der Waals surface area contributed by atoms with Gasteiger partial charge >= 0.3 is 0 Å². The molecule has 1 aliphatic heterocycles. The van der Waals surface area contributed by atoms with Crippen LogP contribution in [-0.2, 0) is 11.2 Å². The summed E-state index contributed by atoms with van der Waals surface area (Å²) < 4.78 is 7.69. The smallest absolute Gasteiger partial charge is 0.232 e. The van der Waals surface area contributed by atoms with Crippen molar-refractivity contribution < 1.29 is 4.52 Å². The molecule has 1 aliphatic carbocycles. The van der Waals surface area contributed by atoms with Gasteiger partial charge < -0.3 is 9.42 Å². The van der Waals surface area contributed by atoms with E-state index in [0.29, 0.717) is 17.7 Å². The van der Waals surface area contributed by atoms with Crippen molar-refractivity contribution in [2.75, 3.05) is 18.0 Å².